The Bertz CT molecular complexity index is 690. The fourth-order valence-corrected chi connectivity index (χ4v) is 1.98. The van der Waals surface area contributed by atoms with E-state index in [1.165, 1.54) is 19.1 Å². The molecule has 7 heteroatoms. The summed E-state index contributed by atoms with van der Waals surface area (Å²) in [6.07, 6.45) is -0.975. The van der Waals surface area contributed by atoms with Gasteiger partial charge in [0.1, 0.15) is 17.1 Å². The highest BCUT2D eigenvalue weighted by molar-refractivity contribution is 5.93. The monoisotopic (exact) mass is 320 g/mol. The lowest BCUT2D eigenvalue weighted by Gasteiger charge is -2.13. The van der Waals surface area contributed by atoms with Crippen LogP contribution >= 0.6 is 0 Å². The highest BCUT2D eigenvalue weighted by atomic mass is 19.1. The van der Waals surface area contributed by atoms with Crippen molar-refractivity contribution in [3.63, 3.8) is 0 Å². The van der Waals surface area contributed by atoms with Crippen molar-refractivity contribution >= 4 is 11.9 Å². The number of carbonyl (C=O) groups is 2. The molecule has 0 bridgehead atoms. The van der Waals surface area contributed by atoms with E-state index < -0.39 is 18.0 Å². The van der Waals surface area contributed by atoms with E-state index >= 15 is 0 Å². The first kappa shape index (κ1) is 16.7. The van der Waals surface area contributed by atoms with Gasteiger partial charge in [0.2, 0.25) is 0 Å². The Morgan fingerprint density at radius 3 is 2.52 bits per heavy atom. The topological polar surface area (TPSA) is 81.4 Å². The third-order valence-corrected chi connectivity index (χ3v) is 3.27. The second kappa shape index (κ2) is 7.04. The van der Waals surface area contributed by atoms with E-state index in [0.29, 0.717) is 11.5 Å². The molecule has 0 aliphatic heterocycles. The van der Waals surface area contributed by atoms with Crippen molar-refractivity contribution in [1.82, 2.24) is 10.5 Å². The molecule has 0 saturated heterocycles. The average Bonchev–Trinajstić information content (AvgIpc) is 2.85. The number of halogens is 1. The maximum absolute atomic E-state index is 12.8. The summed E-state index contributed by atoms with van der Waals surface area (Å²) in [7, 11) is 0. The molecule has 1 N–H and O–H groups in total. The van der Waals surface area contributed by atoms with Gasteiger partial charge in [-0.3, -0.25) is 4.79 Å². The molecule has 0 spiro atoms. The van der Waals surface area contributed by atoms with Crippen molar-refractivity contribution in [2.75, 3.05) is 0 Å². The smallest absolute Gasteiger partial charge is 0.344 e. The van der Waals surface area contributed by atoms with Gasteiger partial charge in [0.25, 0.3) is 5.91 Å². The van der Waals surface area contributed by atoms with Crippen molar-refractivity contribution in [3.8, 4) is 0 Å². The summed E-state index contributed by atoms with van der Waals surface area (Å²) in [5.41, 5.74) is 1.37. The van der Waals surface area contributed by atoms with Crippen molar-refractivity contribution < 1.29 is 23.2 Å². The van der Waals surface area contributed by atoms with Crippen LogP contribution < -0.4 is 5.32 Å². The molecule has 0 aliphatic rings. The number of nitrogens with one attached hydrogen (secondary N) is 1. The maximum atomic E-state index is 12.8. The number of benzene rings is 1. The molecule has 1 atom stereocenters. The number of nitrogens with zero attached hydrogens (tertiary/aromatic N) is 1. The molecule has 2 rings (SSSR count). The first-order valence-electron chi connectivity index (χ1n) is 7.04. The minimum absolute atomic E-state index is 0.215. The number of carbonyl (C=O) groups excluding carboxylic acids is 2. The van der Waals surface area contributed by atoms with Crippen LogP contribution in [0.25, 0.3) is 0 Å². The predicted octanol–water partition coefficient (Wildman–Crippen LogP) is 2.29. The van der Waals surface area contributed by atoms with Gasteiger partial charge in [-0.15, -0.1) is 0 Å². The number of amides is 1. The minimum Gasteiger partial charge on any atom is -0.449 e. The first-order chi connectivity index (χ1) is 10.9. The summed E-state index contributed by atoms with van der Waals surface area (Å²) >= 11 is 0. The number of aryl methyl sites for hydroxylation is 2. The average molecular weight is 320 g/mol. The number of esters is 1. The predicted molar refractivity (Wildman–Crippen MR) is 79.1 cm³/mol. The zero-order chi connectivity index (χ0) is 17.0. The van der Waals surface area contributed by atoms with E-state index in [-0.39, 0.29) is 17.9 Å². The fraction of sp³-hybridized carbons (Fsp3) is 0.312. The van der Waals surface area contributed by atoms with Gasteiger partial charge in [-0.25, -0.2) is 9.18 Å². The summed E-state index contributed by atoms with van der Waals surface area (Å²) in [6.45, 7) is 4.89. The fourth-order valence-electron chi connectivity index (χ4n) is 1.98. The molecule has 2 aromatic rings. The van der Waals surface area contributed by atoms with Crippen LogP contribution in [0.3, 0.4) is 0 Å². The second-order valence-electron chi connectivity index (χ2n) is 5.09. The summed E-state index contributed by atoms with van der Waals surface area (Å²) in [4.78, 5) is 24.0. The molecule has 0 radical (unpaired) electrons. The summed E-state index contributed by atoms with van der Waals surface area (Å²) in [5.74, 6) is -1.12. The van der Waals surface area contributed by atoms with E-state index in [1.54, 1.807) is 26.0 Å². The minimum atomic E-state index is -0.975. The van der Waals surface area contributed by atoms with Crippen LogP contribution in [0.4, 0.5) is 4.39 Å². The zero-order valence-corrected chi connectivity index (χ0v) is 13.1. The van der Waals surface area contributed by atoms with Crippen molar-refractivity contribution in [3.05, 3.63) is 52.7 Å². The van der Waals surface area contributed by atoms with Gasteiger partial charge in [0.15, 0.2) is 6.10 Å². The first-order valence-corrected chi connectivity index (χ1v) is 7.04. The standard InChI is InChI=1S/C16H17FN2O4/c1-9-14(10(2)23-19-9)16(21)22-11(3)15(20)18-8-12-4-6-13(17)7-5-12/h4-7,11H,8H2,1-3H3,(H,18,20)/t11-/m1/s1. The molecule has 1 aromatic carbocycles. The molecule has 0 fully saturated rings. The molecular formula is C16H17FN2O4. The molecule has 23 heavy (non-hydrogen) atoms. The molecule has 0 unspecified atom stereocenters. The Labute approximate surface area is 132 Å². The van der Waals surface area contributed by atoms with E-state index in [9.17, 15) is 14.0 Å². The highest BCUT2D eigenvalue weighted by Gasteiger charge is 2.24. The number of aromatic nitrogens is 1. The Hall–Kier alpha value is -2.70. The number of rotatable bonds is 5. The Morgan fingerprint density at radius 1 is 1.30 bits per heavy atom. The van der Waals surface area contributed by atoms with Crippen molar-refractivity contribution in [2.45, 2.75) is 33.4 Å². The van der Waals surface area contributed by atoms with Gasteiger partial charge in [-0.05, 0) is 38.5 Å². The Kier molecular flexibility index (Phi) is 5.10. The molecule has 122 valence electrons. The second-order valence-corrected chi connectivity index (χ2v) is 5.09. The van der Waals surface area contributed by atoms with Crippen LogP contribution in [0.1, 0.15) is 34.3 Å². The lowest BCUT2D eigenvalue weighted by Crippen LogP contribution is -2.35. The van der Waals surface area contributed by atoms with Crippen LogP contribution in [0.15, 0.2) is 28.8 Å². The van der Waals surface area contributed by atoms with Crippen molar-refractivity contribution in [1.29, 1.82) is 0 Å². The van der Waals surface area contributed by atoms with Gasteiger partial charge in [-0.1, -0.05) is 17.3 Å². The normalized spacial score (nSPS) is 11.8. The molecule has 0 saturated carbocycles. The van der Waals surface area contributed by atoms with E-state index in [4.69, 9.17) is 9.26 Å². The van der Waals surface area contributed by atoms with Crippen LogP contribution in [0.2, 0.25) is 0 Å². The molecule has 1 heterocycles. The molecule has 0 aliphatic carbocycles. The van der Waals surface area contributed by atoms with Gasteiger partial charge in [0.05, 0.1) is 5.69 Å². The lowest BCUT2D eigenvalue weighted by atomic mass is 10.2. The zero-order valence-electron chi connectivity index (χ0n) is 13.1. The number of ether oxygens (including phenoxy) is 1. The third-order valence-electron chi connectivity index (χ3n) is 3.27. The molecule has 1 amide bonds. The van der Waals surface area contributed by atoms with Gasteiger partial charge >= 0.3 is 5.97 Å². The van der Waals surface area contributed by atoms with Crippen LogP contribution in [0, 0.1) is 19.7 Å². The molecule has 6 nitrogen and oxygen atoms in total. The van der Waals surface area contributed by atoms with E-state index in [0.717, 1.165) is 5.56 Å². The van der Waals surface area contributed by atoms with Crippen LogP contribution in [-0.2, 0) is 16.1 Å². The lowest BCUT2D eigenvalue weighted by molar-refractivity contribution is -0.129. The van der Waals surface area contributed by atoms with Gasteiger partial charge in [-0.2, -0.15) is 0 Å². The van der Waals surface area contributed by atoms with Gasteiger partial charge < -0.3 is 14.6 Å². The number of hydrogen-bond donors (Lipinski definition) is 1. The maximum Gasteiger partial charge on any atom is 0.344 e. The SMILES string of the molecule is Cc1noc(C)c1C(=O)O[C@H](C)C(=O)NCc1ccc(F)cc1. The van der Waals surface area contributed by atoms with E-state index in [2.05, 4.69) is 10.5 Å². The Morgan fingerprint density at radius 2 is 1.96 bits per heavy atom. The largest absolute Gasteiger partial charge is 0.449 e. The summed E-state index contributed by atoms with van der Waals surface area (Å²) in [6, 6.07) is 5.75. The van der Waals surface area contributed by atoms with Crippen molar-refractivity contribution in [2.24, 2.45) is 0 Å². The van der Waals surface area contributed by atoms with Gasteiger partial charge in [0, 0.05) is 6.54 Å². The van der Waals surface area contributed by atoms with Crippen LogP contribution in [-0.4, -0.2) is 23.1 Å². The van der Waals surface area contributed by atoms with Crippen LogP contribution in [0.5, 0.6) is 0 Å². The molecule has 1 aromatic heterocycles. The van der Waals surface area contributed by atoms with E-state index in [1.807, 2.05) is 0 Å². The quantitative estimate of drug-likeness (QED) is 0.855. The summed E-state index contributed by atoms with van der Waals surface area (Å²) in [5, 5.41) is 6.29. The molecular weight excluding hydrogens is 303 g/mol. The number of hydrogen-bond acceptors (Lipinski definition) is 5. The third kappa shape index (κ3) is 4.15. The summed E-state index contributed by atoms with van der Waals surface area (Å²) < 4.78 is 22.8. The Balaban J connectivity index is 1.90. The highest BCUT2D eigenvalue weighted by Crippen LogP contribution is 2.14.